The van der Waals surface area contributed by atoms with Crippen LogP contribution in [0.1, 0.15) is 12.0 Å². The first kappa shape index (κ1) is 16.5. The highest BCUT2D eigenvalue weighted by Crippen LogP contribution is 2.27. The third-order valence-corrected chi connectivity index (χ3v) is 4.11. The van der Waals surface area contributed by atoms with Crippen molar-refractivity contribution < 1.29 is 18.7 Å². The number of hydrogen-bond donors (Lipinski definition) is 0. The minimum Gasteiger partial charge on any atom is -0.461 e. The van der Waals surface area contributed by atoms with E-state index in [1.807, 2.05) is 0 Å². The predicted molar refractivity (Wildman–Crippen MR) is 88.1 cm³/mol. The maximum absolute atomic E-state index is 12.8. The van der Waals surface area contributed by atoms with Crippen LogP contribution in [0.2, 0.25) is 5.02 Å². The lowest BCUT2D eigenvalue weighted by Crippen LogP contribution is -2.26. The molecule has 6 heteroatoms. The number of esters is 1. The number of nitrogens with zero attached hydrogens (tertiary/aromatic N) is 1. The van der Waals surface area contributed by atoms with Crippen LogP contribution in [0.4, 0.5) is 10.1 Å². The van der Waals surface area contributed by atoms with Crippen LogP contribution in [-0.2, 0) is 20.9 Å². The fraction of sp³-hybridized carbons (Fsp3) is 0.222. The van der Waals surface area contributed by atoms with Crippen molar-refractivity contribution in [1.82, 2.24) is 0 Å². The van der Waals surface area contributed by atoms with Crippen LogP contribution in [0.3, 0.4) is 0 Å². The zero-order valence-corrected chi connectivity index (χ0v) is 13.5. The molecule has 0 radical (unpaired) electrons. The van der Waals surface area contributed by atoms with Crippen molar-refractivity contribution in [3.05, 3.63) is 64.9 Å². The third kappa shape index (κ3) is 3.74. The van der Waals surface area contributed by atoms with Crippen molar-refractivity contribution in [2.75, 3.05) is 11.4 Å². The lowest BCUT2D eigenvalue weighted by molar-refractivity contribution is -0.149. The molecular weight excluding hydrogens is 333 g/mol. The Hall–Kier alpha value is -2.40. The molecule has 124 valence electrons. The predicted octanol–water partition coefficient (Wildman–Crippen LogP) is 3.58. The van der Waals surface area contributed by atoms with Gasteiger partial charge in [0, 0.05) is 23.7 Å². The molecule has 0 aromatic heterocycles. The van der Waals surface area contributed by atoms with Crippen molar-refractivity contribution in [2.24, 2.45) is 5.92 Å². The molecule has 1 saturated heterocycles. The van der Waals surface area contributed by atoms with Gasteiger partial charge in [-0.3, -0.25) is 9.59 Å². The van der Waals surface area contributed by atoms with E-state index in [0.717, 1.165) is 0 Å². The molecule has 1 aliphatic heterocycles. The molecule has 2 aromatic carbocycles. The molecule has 0 N–H and O–H groups in total. The van der Waals surface area contributed by atoms with Crippen molar-refractivity contribution in [3.63, 3.8) is 0 Å². The summed E-state index contributed by atoms with van der Waals surface area (Å²) in [5.41, 5.74) is 1.36. The van der Waals surface area contributed by atoms with Gasteiger partial charge in [-0.1, -0.05) is 29.8 Å². The number of benzene rings is 2. The van der Waals surface area contributed by atoms with E-state index in [9.17, 15) is 14.0 Å². The molecule has 1 fully saturated rings. The molecule has 1 heterocycles. The average Bonchev–Trinajstić information content (AvgIpc) is 2.96. The third-order valence-electron chi connectivity index (χ3n) is 3.87. The summed E-state index contributed by atoms with van der Waals surface area (Å²) in [5.74, 6) is -1.43. The molecule has 0 unspecified atom stereocenters. The number of halogens is 2. The van der Waals surface area contributed by atoms with E-state index in [1.54, 1.807) is 36.4 Å². The molecule has 24 heavy (non-hydrogen) atoms. The quantitative estimate of drug-likeness (QED) is 0.794. The van der Waals surface area contributed by atoms with E-state index < -0.39 is 11.9 Å². The zero-order valence-electron chi connectivity index (χ0n) is 12.7. The van der Waals surface area contributed by atoms with E-state index in [0.29, 0.717) is 16.3 Å². The van der Waals surface area contributed by atoms with Gasteiger partial charge in [0.25, 0.3) is 0 Å². The fourth-order valence-electron chi connectivity index (χ4n) is 2.61. The molecule has 1 amide bonds. The number of amides is 1. The summed E-state index contributed by atoms with van der Waals surface area (Å²) in [7, 11) is 0. The SMILES string of the molecule is O=C(OCc1ccc(F)cc1)[C@H]1CC(=O)N(c2cccc(Cl)c2)C1. The van der Waals surface area contributed by atoms with Gasteiger partial charge in [-0.25, -0.2) is 4.39 Å². The Balaban J connectivity index is 1.60. The number of carbonyl (C=O) groups excluding carboxylic acids is 2. The van der Waals surface area contributed by atoms with Crippen LogP contribution in [0.25, 0.3) is 0 Å². The van der Waals surface area contributed by atoms with Crippen LogP contribution in [-0.4, -0.2) is 18.4 Å². The summed E-state index contributed by atoms with van der Waals surface area (Å²) in [5, 5.41) is 0.530. The van der Waals surface area contributed by atoms with E-state index in [1.165, 1.54) is 17.0 Å². The molecule has 2 aromatic rings. The maximum Gasteiger partial charge on any atom is 0.311 e. The summed E-state index contributed by atoms with van der Waals surface area (Å²) < 4.78 is 18.1. The zero-order chi connectivity index (χ0) is 17.1. The Morgan fingerprint density at radius 1 is 1.25 bits per heavy atom. The van der Waals surface area contributed by atoms with Crippen molar-refractivity contribution in [3.8, 4) is 0 Å². The molecule has 0 aliphatic carbocycles. The van der Waals surface area contributed by atoms with E-state index in [4.69, 9.17) is 16.3 Å². The Morgan fingerprint density at radius 3 is 2.71 bits per heavy atom. The van der Waals surface area contributed by atoms with Crippen LogP contribution in [0.5, 0.6) is 0 Å². The average molecular weight is 348 g/mol. The normalized spacial score (nSPS) is 17.2. The Morgan fingerprint density at radius 2 is 2.00 bits per heavy atom. The number of hydrogen-bond acceptors (Lipinski definition) is 3. The first-order valence-electron chi connectivity index (χ1n) is 7.50. The van der Waals surface area contributed by atoms with Gasteiger partial charge in [-0.05, 0) is 35.9 Å². The highest BCUT2D eigenvalue weighted by Gasteiger charge is 2.36. The molecule has 0 bridgehead atoms. The summed E-state index contributed by atoms with van der Waals surface area (Å²) in [6.07, 6.45) is 0.106. The highest BCUT2D eigenvalue weighted by atomic mass is 35.5. The van der Waals surface area contributed by atoms with E-state index in [-0.39, 0.29) is 31.3 Å². The van der Waals surface area contributed by atoms with Crippen LogP contribution in [0, 0.1) is 11.7 Å². The van der Waals surface area contributed by atoms with Gasteiger partial charge in [-0.2, -0.15) is 0 Å². The van der Waals surface area contributed by atoms with Crippen molar-refractivity contribution in [1.29, 1.82) is 0 Å². The minimum atomic E-state index is -0.517. The first-order valence-corrected chi connectivity index (χ1v) is 7.88. The number of ether oxygens (including phenoxy) is 1. The summed E-state index contributed by atoms with van der Waals surface area (Å²) in [4.78, 5) is 25.9. The lowest BCUT2D eigenvalue weighted by Gasteiger charge is -2.16. The van der Waals surface area contributed by atoms with Crippen LogP contribution >= 0.6 is 11.6 Å². The van der Waals surface area contributed by atoms with Gasteiger partial charge in [-0.15, -0.1) is 0 Å². The number of carbonyl (C=O) groups is 2. The minimum absolute atomic E-state index is 0.0565. The smallest absolute Gasteiger partial charge is 0.311 e. The van der Waals surface area contributed by atoms with Gasteiger partial charge in [0.2, 0.25) is 5.91 Å². The summed E-state index contributed by atoms with van der Waals surface area (Å²) >= 11 is 5.94. The van der Waals surface area contributed by atoms with Gasteiger partial charge < -0.3 is 9.64 Å². The van der Waals surface area contributed by atoms with E-state index in [2.05, 4.69) is 0 Å². The summed E-state index contributed by atoms with van der Waals surface area (Å²) in [6, 6.07) is 12.7. The van der Waals surface area contributed by atoms with E-state index >= 15 is 0 Å². The number of rotatable bonds is 4. The lowest BCUT2D eigenvalue weighted by atomic mass is 10.1. The molecule has 1 atom stereocenters. The largest absolute Gasteiger partial charge is 0.461 e. The Kier molecular flexibility index (Phi) is 4.81. The summed E-state index contributed by atoms with van der Waals surface area (Å²) in [6.45, 7) is 0.322. The Bertz CT molecular complexity index is 763. The fourth-order valence-corrected chi connectivity index (χ4v) is 2.80. The first-order chi connectivity index (χ1) is 11.5. The van der Waals surface area contributed by atoms with Crippen molar-refractivity contribution >= 4 is 29.2 Å². The second-order valence-electron chi connectivity index (χ2n) is 5.62. The van der Waals surface area contributed by atoms with Gasteiger partial charge >= 0.3 is 5.97 Å². The molecular formula is C18H15ClFNO3. The van der Waals surface area contributed by atoms with Crippen molar-refractivity contribution in [2.45, 2.75) is 13.0 Å². The van der Waals surface area contributed by atoms with Crippen LogP contribution in [0.15, 0.2) is 48.5 Å². The molecule has 3 rings (SSSR count). The Labute approximate surface area is 143 Å². The monoisotopic (exact) mass is 347 g/mol. The molecule has 4 nitrogen and oxygen atoms in total. The maximum atomic E-state index is 12.8. The highest BCUT2D eigenvalue weighted by molar-refractivity contribution is 6.30. The molecule has 0 saturated carbocycles. The number of anilines is 1. The molecule has 1 aliphatic rings. The topological polar surface area (TPSA) is 46.6 Å². The van der Waals surface area contributed by atoms with Gasteiger partial charge in [0.05, 0.1) is 5.92 Å². The van der Waals surface area contributed by atoms with Gasteiger partial charge in [0.15, 0.2) is 0 Å². The second-order valence-corrected chi connectivity index (χ2v) is 6.06. The van der Waals surface area contributed by atoms with Gasteiger partial charge in [0.1, 0.15) is 12.4 Å². The standard InChI is InChI=1S/C18H15ClFNO3/c19-14-2-1-3-16(9-14)21-10-13(8-17(21)22)18(23)24-11-12-4-6-15(20)7-5-12/h1-7,9,13H,8,10-11H2/t13-/m0/s1. The van der Waals surface area contributed by atoms with Crippen LogP contribution < -0.4 is 4.90 Å². The molecule has 0 spiro atoms. The second kappa shape index (κ2) is 7.01.